The maximum absolute atomic E-state index is 13.0. The van der Waals surface area contributed by atoms with E-state index in [0.29, 0.717) is 12.3 Å². The molecule has 2 aliphatic carbocycles. The van der Waals surface area contributed by atoms with Crippen LogP contribution in [0.4, 0.5) is 0 Å². The van der Waals surface area contributed by atoms with Crippen molar-refractivity contribution in [3.8, 4) is 11.1 Å². The molecule has 0 amide bonds. The summed E-state index contributed by atoms with van der Waals surface area (Å²) in [6.45, 7) is 10.2. The Kier molecular flexibility index (Phi) is 11.9. The Hall–Kier alpha value is -4.85. The maximum Gasteiger partial charge on any atom is 0.306 e. The SMILES string of the molecule is CC(=O)OC[C@H]1O[C@@H](n2nncc2COC(=O)CCc2ccc(C(C)C)cc3c(C)ccc2-3)[C@@H](OC(C)=O)[C@@H](OC(C)=O)[C@@H]1OC(C)=O. The highest BCUT2D eigenvalue weighted by Gasteiger charge is 2.53. The second-order valence-electron chi connectivity index (χ2n) is 11.9. The molecule has 0 spiro atoms. The van der Waals surface area contributed by atoms with Gasteiger partial charge >= 0.3 is 29.8 Å². The number of carbonyl (C=O) groups is 5. The molecule has 3 aliphatic rings. The van der Waals surface area contributed by atoms with Gasteiger partial charge in [0.2, 0.25) is 0 Å². The molecule has 1 aromatic rings. The summed E-state index contributed by atoms with van der Waals surface area (Å²) in [5, 5.41) is 7.99. The normalized spacial score (nSPS) is 20.6. The summed E-state index contributed by atoms with van der Waals surface area (Å²) < 4.78 is 34.5. The van der Waals surface area contributed by atoms with Gasteiger partial charge in [0, 0.05) is 34.1 Å². The van der Waals surface area contributed by atoms with Gasteiger partial charge in [0.05, 0.1) is 11.9 Å². The average molecular weight is 668 g/mol. The number of aryl methyl sites for hydroxylation is 2. The van der Waals surface area contributed by atoms with Gasteiger partial charge in [-0.05, 0) is 47.1 Å². The first-order valence-electron chi connectivity index (χ1n) is 15.6. The summed E-state index contributed by atoms with van der Waals surface area (Å²) in [5.41, 5.74) is 5.86. The molecule has 1 saturated heterocycles. The number of carbonyl (C=O) groups excluding carboxylic acids is 5. The van der Waals surface area contributed by atoms with Gasteiger partial charge in [-0.25, -0.2) is 4.68 Å². The van der Waals surface area contributed by atoms with E-state index in [0.717, 1.165) is 43.0 Å². The van der Waals surface area contributed by atoms with Crippen molar-refractivity contribution in [1.82, 2.24) is 15.0 Å². The van der Waals surface area contributed by atoms with Gasteiger partial charge in [-0.3, -0.25) is 24.0 Å². The first kappa shape index (κ1) is 36.0. The molecule has 14 heteroatoms. The van der Waals surface area contributed by atoms with E-state index < -0.39 is 67.1 Å². The molecule has 1 fully saturated rings. The molecule has 0 radical (unpaired) electrons. The Bertz CT molecular complexity index is 1620. The Labute approximate surface area is 278 Å². The standard InChI is InChI=1S/C34H41N3O11/c1-18(2)25-10-9-24(27-12-8-19(3)28(27)14-25)11-13-30(42)44-16-26-15-35-36-37(26)34-33(47-23(7)41)32(46-22(6)40)31(45-21(5)39)29(48-34)17-43-20(4)38/h8-10,12,14-15,18,29,31-34H,11,13,16-17H2,1-7H3/t29-,31-,32+,33+,34-/m1/s1. The van der Waals surface area contributed by atoms with E-state index in [1.807, 2.05) is 6.07 Å². The number of esters is 5. The molecule has 0 unspecified atom stereocenters. The lowest BCUT2D eigenvalue weighted by Gasteiger charge is -2.44. The predicted octanol–water partition coefficient (Wildman–Crippen LogP) is 3.75. The molecule has 4 rings (SSSR count). The first-order valence-corrected chi connectivity index (χ1v) is 15.6. The number of aromatic nitrogens is 3. The van der Waals surface area contributed by atoms with Crippen LogP contribution in [0, 0.1) is 6.92 Å². The summed E-state index contributed by atoms with van der Waals surface area (Å²) >= 11 is 0. The second kappa shape index (κ2) is 15.8. The number of nitrogens with zero attached hydrogens (tertiary/aromatic N) is 3. The fraction of sp³-hybridized carbons (Fsp3) is 0.500. The quantitative estimate of drug-likeness (QED) is 0.202. The third kappa shape index (κ3) is 8.94. The zero-order valence-corrected chi connectivity index (χ0v) is 28.1. The Morgan fingerprint density at radius 2 is 1.50 bits per heavy atom. The van der Waals surface area contributed by atoms with Gasteiger partial charge in [-0.1, -0.05) is 49.4 Å². The lowest BCUT2D eigenvalue weighted by atomic mass is 9.97. The van der Waals surface area contributed by atoms with Crippen LogP contribution >= 0.6 is 0 Å². The number of hydrogen-bond donors (Lipinski definition) is 0. The van der Waals surface area contributed by atoms with Crippen molar-refractivity contribution < 1.29 is 52.4 Å². The largest absolute Gasteiger partial charge is 0.463 e. The van der Waals surface area contributed by atoms with E-state index >= 15 is 0 Å². The van der Waals surface area contributed by atoms with E-state index in [-0.39, 0.29) is 18.7 Å². The minimum absolute atomic E-state index is 0.0982. The minimum Gasteiger partial charge on any atom is -0.463 e. The van der Waals surface area contributed by atoms with E-state index in [2.05, 4.69) is 55.3 Å². The Morgan fingerprint density at radius 3 is 2.15 bits per heavy atom. The number of fused-ring (bicyclic) bond motifs is 1. The van der Waals surface area contributed by atoms with Crippen molar-refractivity contribution in [1.29, 1.82) is 0 Å². The summed E-state index contributed by atoms with van der Waals surface area (Å²) in [6, 6.07) is 10.5. The van der Waals surface area contributed by atoms with Crippen LogP contribution in [-0.4, -0.2) is 75.9 Å². The van der Waals surface area contributed by atoms with Crippen LogP contribution in [0.3, 0.4) is 0 Å². The average Bonchev–Trinajstić information content (AvgIpc) is 3.56. The minimum atomic E-state index is -1.40. The molecule has 2 heterocycles. The summed E-state index contributed by atoms with van der Waals surface area (Å²) in [6.07, 6.45) is -4.75. The van der Waals surface area contributed by atoms with E-state index in [9.17, 15) is 24.0 Å². The van der Waals surface area contributed by atoms with Crippen molar-refractivity contribution >= 4 is 29.8 Å². The zero-order chi connectivity index (χ0) is 35.1. The molecule has 14 nitrogen and oxygen atoms in total. The third-order valence-electron chi connectivity index (χ3n) is 7.85. The number of hydrogen-bond acceptors (Lipinski definition) is 13. The first-order chi connectivity index (χ1) is 22.7. The number of ether oxygens (including phenoxy) is 6. The fourth-order valence-electron chi connectivity index (χ4n) is 5.60. The van der Waals surface area contributed by atoms with Crippen molar-refractivity contribution in [2.45, 2.75) is 104 Å². The summed E-state index contributed by atoms with van der Waals surface area (Å²) in [4.78, 5) is 61.1. The van der Waals surface area contributed by atoms with Crippen molar-refractivity contribution in [3.63, 3.8) is 0 Å². The van der Waals surface area contributed by atoms with Crippen LogP contribution in [0.2, 0.25) is 0 Å². The summed E-state index contributed by atoms with van der Waals surface area (Å²) in [5.74, 6) is -3.06. The van der Waals surface area contributed by atoms with Crippen molar-refractivity contribution in [2.24, 2.45) is 0 Å². The second-order valence-corrected chi connectivity index (χ2v) is 11.9. The van der Waals surface area contributed by atoms with Crippen LogP contribution in [0.5, 0.6) is 0 Å². The van der Waals surface area contributed by atoms with Gasteiger partial charge < -0.3 is 28.4 Å². The molecule has 48 heavy (non-hydrogen) atoms. The Balaban J connectivity index is 1.55. The third-order valence-corrected chi connectivity index (χ3v) is 7.85. The van der Waals surface area contributed by atoms with Gasteiger partial charge in [0.25, 0.3) is 0 Å². The predicted molar refractivity (Wildman–Crippen MR) is 167 cm³/mol. The molecule has 0 aromatic carbocycles. The zero-order valence-electron chi connectivity index (χ0n) is 28.1. The van der Waals surface area contributed by atoms with Gasteiger partial charge in [-0.15, -0.1) is 5.10 Å². The highest BCUT2D eigenvalue weighted by Crippen LogP contribution is 2.36. The lowest BCUT2D eigenvalue weighted by molar-refractivity contribution is -0.271. The molecule has 0 bridgehead atoms. The molecule has 0 saturated carbocycles. The maximum atomic E-state index is 13.0. The van der Waals surface area contributed by atoms with Gasteiger partial charge in [0.15, 0.2) is 24.5 Å². The van der Waals surface area contributed by atoms with Gasteiger partial charge in [0.1, 0.15) is 19.3 Å². The van der Waals surface area contributed by atoms with Crippen molar-refractivity contribution in [2.75, 3.05) is 6.61 Å². The van der Waals surface area contributed by atoms with Gasteiger partial charge in [-0.2, -0.15) is 0 Å². The molecule has 5 atom stereocenters. The van der Waals surface area contributed by atoms with Crippen LogP contribution in [0.15, 0.2) is 36.5 Å². The topological polar surface area (TPSA) is 171 Å². The molecule has 0 N–H and O–H groups in total. The van der Waals surface area contributed by atoms with Crippen LogP contribution < -0.4 is 0 Å². The molecular formula is C34H41N3O11. The van der Waals surface area contributed by atoms with Crippen LogP contribution in [0.25, 0.3) is 11.1 Å². The summed E-state index contributed by atoms with van der Waals surface area (Å²) in [7, 11) is 0. The fourth-order valence-corrected chi connectivity index (χ4v) is 5.60. The molecule has 258 valence electrons. The van der Waals surface area contributed by atoms with Crippen LogP contribution in [-0.2, 0) is 65.4 Å². The Morgan fingerprint density at radius 1 is 0.833 bits per heavy atom. The van der Waals surface area contributed by atoms with Crippen molar-refractivity contribution in [3.05, 3.63) is 58.9 Å². The lowest BCUT2D eigenvalue weighted by Crippen LogP contribution is -2.60. The smallest absolute Gasteiger partial charge is 0.306 e. The van der Waals surface area contributed by atoms with E-state index in [1.54, 1.807) is 0 Å². The molecule has 1 aliphatic heterocycles. The number of rotatable bonds is 12. The highest BCUT2D eigenvalue weighted by molar-refractivity contribution is 5.76. The van der Waals surface area contributed by atoms with Crippen LogP contribution in [0.1, 0.15) is 82.5 Å². The molecular weight excluding hydrogens is 626 g/mol. The monoisotopic (exact) mass is 667 g/mol. The highest BCUT2D eigenvalue weighted by atomic mass is 16.7. The van der Waals surface area contributed by atoms with E-state index in [1.165, 1.54) is 23.4 Å². The molecule has 1 aromatic heterocycles. The van der Waals surface area contributed by atoms with E-state index in [4.69, 9.17) is 28.4 Å².